The molecule has 0 aromatic carbocycles. The van der Waals surface area contributed by atoms with Crippen LogP contribution in [-0.4, -0.2) is 49.3 Å². The van der Waals surface area contributed by atoms with Gasteiger partial charge in [-0.05, 0) is 39.5 Å². The second-order valence-electron chi connectivity index (χ2n) is 3.52. The molecule has 0 rings (SSSR count). The van der Waals surface area contributed by atoms with Gasteiger partial charge in [-0.3, -0.25) is 0 Å². The first kappa shape index (κ1) is 12.9. The van der Waals surface area contributed by atoms with Crippen LogP contribution in [-0.2, 0) is 0 Å². The van der Waals surface area contributed by atoms with Crippen LogP contribution in [0, 0.1) is 0 Å². The average molecular weight is 188 g/mol. The maximum absolute atomic E-state index is 9.06. The number of aliphatic hydroxyl groups is 1. The lowest BCUT2D eigenvalue weighted by molar-refractivity contribution is 0.219. The summed E-state index contributed by atoms with van der Waals surface area (Å²) >= 11 is 0. The number of hydrogen-bond acceptors (Lipinski definition) is 3. The third kappa shape index (κ3) is 6.99. The molecule has 0 aromatic rings. The molecule has 0 saturated heterocycles. The molecule has 3 heteroatoms. The van der Waals surface area contributed by atoms with Gasteiger partial charge >= 0.3 is 0 Å². The van der Waals surface area contributed by atoms with Crippen LogP contribution in [0.25, 0.3) is 0 Å². The van der Waals surface area contributed by atoms with Crippen LogP contribution in [0.15, 0.2) is 0 Å². The molecule has 0 saturated carbocycles. The quantitative estimate of drug-likeness (QED) is 0.588. The van der Waals surface area contributed by atoms with Crippen molar-refractivity contribution in [1.82, 2.24) is 10.2 Å². The van der Waals surface area contributed by atoms with Gasteiger partial charge in [0.15, 0.2) is 0 Å². The van der Waals surface area contributed by atoms with E-state index in [0.717, 1.165) is 32.5 Å². The van der Waals surface area contributed by atoms with Gasteiger partial charge in [0.05, 0.1) is 6.61 Å². The summed E-state index contributed by atoms with van der Waals surface area (Å²) < 4.78 is 0. The molecule has 80 valence electrons. The lowest BCUT2D eigenvalue weighted by atomic mass is 10.2. The fourth-order valence-corrected chi connectivity index (χ4v) is 1.14. The maximum Gasteiger partial charge on any atom is 0.0585 e. The van der Waals surface area contributed by atoms with E-state index in [-0.39, 0.29) is 12.6 Å². The predicted octanol–water partition coefficient (Wildman–Crippen LogP) is 0.689. The van der Waals surface area contributed by atoms with Crippen molar-refractivity contribution in [2.24, 2.45) is 0 Å². The highest BCUT2D eigenvalue weighted by Gasteiger charge is 2.06. The molecule has 0 aliphatic rings. The smallest absolute Gasteiger partial charge is 0.0585 e. The van der Waals surface area contributed by atoms with E-state index in [1.54, 1.807) is 0 Å². The lowest BCUT2D eigenvalue weighted by Gasteiger charge is -2.19. The molecule has 0 aliphatic carbocycles. The van der Waals surface area contributed by atoms with Crippen molar-refractivity contribution in [3.05, 3.63) is 0 Å². The molecule has 0 amide bonds. The Kier molecular flexibility index (Phi) is 8.40. The molecular weight excluding hydrogens is 164 g/mol. The van der Waals surface area contributed by atoms with Crippen molar-refractivity contribution in [3.63, 3.8) is 0 Å². The summed E-state index contributed by atoms with van der Waals surface area (Å²) in [6, 6.07) is 0.272. The highest BCUT2D eigenvalue weighted by Crippen LogP contribution is 1.94. The molecule has 3 nitrogen and oxygen atoms in total. The summed E-state index contributed by atoms with van der Waals surface area (Å²) in [6.07, 6.45) is 2.15. The van der Waals surface area contributed by atoms with E-state index in [2.05, 4.69) is 31.1 Å². The van der Waals surface area contributed by atoms with E-state index >= 15 is 0 Å². The first-order valence-electron chi connectivity index (χ1n) is 5.27. The molecule has 1 atom stereocenters. The van der Waals surface area contributed by atoms with E-state index < -0.39 is 0 Å². The van der Waals surface area contributed by atoms with Gasteiger partial charge in [0, 0.05) is 6.04 Å². The lowest BCUT2D eigenvalue weighted by Crippen LogP contribution is -2.36. The van der Waals surface area contributed by atoms with Gasteiger partial charge in [0.1, 0.15) is 0 Å². The third-order valence-corrected chi connectivity index (χ3v) is 2.30. The van der Waals surface area contributed by atoms with E-state index in [4.69, 9.17) is 5.11 Å². The number of aliphatic hydroxyl groups excluding tert-OH is 1. The van der Waals surface area contributed by atoms with Crippen molar-refractivity contribution in [1.29, 1.82) is 0 Å². The molecule has 2 N–H and O–H groups in total. The van der Waals surface area contributed by atoms with Crippen LogP contribution >= 0.6 is 0 Å². The molecule has 13 heavy (non-hydrogen) atoms. The second kappa shape index (κ2) is 8.48. The third-order valence-electron chi connectivity index (χ3n) is 2.30. The summed E-state index contributed by atoms with van der Waals surface area (Å²) in [6.45, 7) is 7.66. The standard InChI is InChI=1S/C10H24N2O/c1-4-7-11-10(9-13)6-8-12(3)5-2/h10-11,13H,4-9H2,1-3H3. The van der Waals surface area contributed by atoms with Crippen molar-refractivity contribution in [2.45, 2.75) is 32.7 Å². The summed E-state index contributed by atoms with van der Waals surface area (Å²) in [5.41, 5.74) is 0. The van der Waals surface area contributed by atoms with Crippen molar-refractivity contribution < 1.29 is 5.11 Å². The molecule has 0 aromatic heterocycles. The minimum atomic E-state index is 0.248. The van der Waals surface area contributed by atoms with Crippen LogP contribution in [0.2, 0.25) is 0 Å². The molecule has 0 spiro atoms. The van der Waals surface area contributed by atoms with Crippen LogP contribution in [0.1, 0.15) is 26.7 Å². The predicted molar refractivity (Wildman–Crippen MR) is 57.0 cm³/mol. The Morgan fingerprint density at radius 2 is 2.08 bits per heavy atom. The van der Waals surface area contributed by atoms with Gasteiger partial charge in [-0.25, -0.2) is 0 Å². The van der Waals surface area contributed by atoms with Crippen LogP contribution in [0.4, 0.5) is 0 Å². The number of nitrogens with zero attached hydrogens (tertiary/aromatic N) is 1. The molecule has 0 radical (unpaired) electrons. The zero-order valence-corrected chi connectivity index (χ0v) is 9.21. The Balaban J connectivity index is 3.46. The van der Waals surface area contributed by atoms with Crippen LogP contribution in [0.3, 0.4) is 0 Å². The molecule has 0 heterocycles. The van der Waals surface area contributed by atoms with E-state index in [9.17, 15) is 0 Å². The Morgan fingerprint density at radius 3 is 2.54 bits per heavy atom. The van der Waals surface area contributed by atoms with Gasteiger partial charge < -0.3 is 15.3 Å². The highest BCUT2D eigenvalue weighted by molar-refractivity contribution is 4.66. The van der Waals surface area contributed by atoms with Crippen molar-refractivity contribution >= 4 is 0 Å². The molecule has 0 aliphatic heterocycles. The molecular formula is C10H24N2O. The van der Waals surface area contributed by atoms with Gasteiger partial charge in [-0.15, -0.1) is 0 Å². The molecule has 1 unspecified atom stereocenters. The Bertz CT molecular complexity index is 109. The van der Waals surface area contributed by atoms with Crippen LogP contribution < -0.4 is 5.32 Å². The molecule has 0 fully saturated rings. The van der Waals surface area contributed by atoms with E-state index in [0.29, 0.717) is 0 Å². The zero-order valence-electron chi connectivity index (χ0n) is 9.21. The fraction of sp³-hybridized carbons (Fsp3) is 1.00. The Labute approximate surface area is 82.1 Å². The summed E-state index contributed by atoms with van der Waals surface area (Å²) in [5, 5.41) is 12.4. The Morgan fingerprint density at radius 1 is 1.38 bits per heavy atom. The second-order valence-corrected chi connectivity index (χ2v) is 3.52. The van der Waals surface area contributed by atoms with Gasteiger partial charge in [0.25, 0.3) is 0 Å². The normalized spacial score (nSPS) is 13.6. The SMILES string of the molecule is CCCNC(CO)CCN(C)CC. The number of hydrogen-bond donors (Lipinski definition) is 2. The number of nitrogens with one attached hydrogen (secondary N) is 1. The Hall–Kier alpha value is -0.120. The minimum absolute atomic E-state index is 0.248. The minimum Gasteiger partial charge on any atom is -0.395 e. The largest absolute Gasteiger partial charge is 0.395 e. The van der Waals surface area contributed by atoms with Gasteiger partial charge in [-0.1, -0.05) is 13.8 Å². The molecule has 0 bridgehead atoms. The van der Waals surface area contributed by atoms with Crippen LogP contribution in [0.5, 0.6) is 0 Å². The highest BCUT2D eigenvalue weighted by atomic mass is 16.3. The summed E-state index contributed by atoms with van der Waals surface area (Å²) in [5.74, 6) is 0. The fourth-order valence-electron chi connectivity index (χ4n) is 1.14. The zero-order chi connectivity index (χ0) is 10.1. The van der Waals surface area contributed by atoms with E-state index in [1.807, 2.05) is 0 Å². The first-order valence-corrected chi connectivity index (χ1v) is 5.27. The van der Waals surface area contributed by atoms with Gasteiger partial charge in [0.2, 0.25) is 0 Å². The monoisotopic (exact) mass is 188 g/mol. The topological polar surface area (TPSA) is 35.5 Å². The van der Waals surface area contributed by atoms with Crippen molar-refractivity contribution in [2.75, 3.05) is 33.3 Å². The number of rotatable bonds is 8. The first-order chi connectivity index (χ1) is 6.24. The van der Waals surface area contributed by atoms with Crippen molar-refractivity contribution in [3.8, 4) is 0 Å². The van der Waals surface area contributed by atoms with Gasteiger partial charge in [-0.2, -0.15) is 0 Å². The summed E-state index contributed by atoms with van der Waals surface area (Å²) in [4.78, 5) is 2.26. The maximum atomic E-state index is 9.06. The average Bonchev–Trinajstić information content (AvgIpc) is 2.17. The van der Waals surface area contributed by atoms with E-state index in [1.165, 1.54) is 0 Å². The summed E-state index contributed by atoms with van der Waals surface area (Å²) in [7, 11) is 2.11.